The summed E-state index contributed by atoms with van der Waals surface area (Å²) < 4.78 is 5.18. The number of amides is 3. The highest BCUT2D eigenvalue weighted by molar-refractivity contribution is 8.15. The number of thioether (sulfide) groups is 1. The molecule has 1 saturated carbocycles. The van der Waals surface area contributed by atoms with Crippen molar-refractivity contribution >= 4 is 46.2 Å². The summed E-state index contributed by atoms with van der Waals surface area (Å²) in [5.41, 5.74) is 2.36. The third-order valence-electron chi connectivity index (χ3n) is 7.44. The summed E-state index contributed by atoms with van der Waals surface area (Å²) in [5, 5.41) is 6.12. The van der Waals surface area contributed by atoms with Gasteiger partial charge in [-0.1, -0.05) is 62.2 Å². The van der Waals surface area contributed by atoms with E-state index >= 15 is 0 Å². The average Bonchev–Trinajstić information content (AvgIpc) is 3.31. The molecule has 2 N–H and O–H groups in total. The Morgan fingerprint density at radius 1 is 1.10 bits per heavy atom. The number of aliphatic imine (C=N–C) groups is 2. The van der Waals surface area contributed by atoms with E-state index in [0.717, 1.165) is 42.6 Å². The molecule has 1 aliphatic carbocycles. The lowest BCUT2D eigenvalue weighted by molar-refractivity contribution is -0.128. The minimum atomic E-state index is -0.862. The molecule has 210 valence electrons. The SMILES string of the molecule is CC[C@@H](SC1=Nc2ccccc2C2=N[C@@H](CC(=O)NCc3ccc(OC)cc3)C(=O)N12)C(=O)NC1CCCCC1. The van der Waals surface area contributed by atoms with Crippen molar-refractivity contribution in [2.24, 2.45) is 9.98 Å². The number of hydrogen-bond donors (Lipinski definition) is 2. The number of fused-ring (bicyclic) bond motifs is 3. The summed E-state index contributed by atoms with van der Waals surface area (Å²) in [7, 11) is 1.60. The van der Waals surface area contributed by atoms with Gasteiger partial charge >= 0.3 is 0 Å². The number of methoxy groups -OCH3 is 1. The Morgan fingerprint density at radius 3 is 2.58 bits per heavy atom. The average molecular weight is 562 g/mol. The van der Waals surface area contributed by atoms with Gasteiger partial charge in [-0.05, 0) is 49.1 Å². The van der Waals surface area contributed by atoms with E-state index in [1.165, 1.54) is 23.1 Å². The smallest absolute Gasteiger partial charge is 0.259 e. The van der Waals surface area contributed by atoms with Crippen LogP contribution in [0.1, 0.15) is 63.0 Å². The fourth-order valence-corrected chi connectivity index (χ4v) is 6.23. The molecule has 2 atom stereocenters. The van der Waals surface area contributed by atoms with Crippen molar-refractivity contribution in [3.05, 3.63) is 59.7 Å². The number of amidine groups is 2. The molecule has 0 unspecified atom stereocenters. The standard InChI is InChI=1S/C30H35N5O4S/c1-3-25(28(37)32-20-9-5-4-6-10-20)40-30-34-23-12-8-7-11-22(23)27-33-24(29(38)35(27)30)17-26(36)31-18-19-13-15-21(39-2)16-14-19/h7-8,11-16,20,24-25H,3-6,9-10,17-18H2,1-2H3,(H,31,36)(H,32,37)/t24-,25+/m0/s1. The molecule has 2 aromatic carbocycles. The second-order valence-corrected chi connectivity index (χ2v) is 11.4. The zero-order valence-corrected chi connectivity index (χ0v) is 23.7. The topological polar surface area (TPSA) is 112 Å². The molecule has 3 aliphatic rings. The van der Waals surface area contributed by atoms with Gasteiger partial charge in [0.15, 0.2) is 5.17 Å². The fourth-order valence-electron chi connectivity index (χ4n) is 5.20. The molecule has 2 heterocycles. The Kier molecular flexibility index (Phi) is 8.84. The lowest BCUT2D eigenvalue weighted by Crippen LogP contribution is -2.45. The summed E-state index contributed by atoms with van der Waals surface area (Å²) in [4.78, 5) is 50.6. The fraction of sp³-hybridized carbons (Fsp3) is 0.433. The van der Waals surface area contributed by atoms with Crippen molar-refractivity contribution in [2.45, 2.75) is 75.7 Å². The molecule has 3 amide bonds. The largest absolute Gasteiger partial charge is 0.497 e. The number of rotatable bonds is 9. The maximum atomic E-state index is 13.6. The number of carbonyl (C=O) groups is 3. The second-order valence-electron chi connectivity index (χ2n) is 10.2. The number of nitrogens with zero attached hydrogens (tertiary/aromatic N) is 3. The van der Waals surface area contributed by atoms with Crippen LogP contribution in [0.3, 0.4) is 0 Å². The molecule has 40 heavy (non-hydrogen) atoms. The van der Waals surface area contributed by atoms with Gasteiger partial charge in [0.25, 0.3) is 5.91 Å². The van der Waals surface area contributed by atoms with Gasteiger partial charge in [-0.2, -0.15) is 0 Å². The van der Waals surface area contributed by atoms with Crippen LogP contribution in [0.25, 0.3) is 0 Å². The molecule has 1 fully saturated rings. The zero-order valence-electron chi connectivity index (χ0n) is 22.9. The van der Waals surface area contributed by atoms with Crippen LogP contribution >= 0.6 is 11.8 Å². The molecule has 10 heteroatoms. The molecule has 0 saturated heterocycles. The van der Waals surface area contributed by atoms with Crippen LogP contribution < -0.4 is 15.4 Å². The van der Waals surface area contributed by atoms with Crippen molar-refractivity contribution < 1.29 is 19.1 Å². The van der Waals surface area contributed by atoms with Gasteiger partial charge in [-0.25, -0.2) is 9.89 Å². The molecular weight excluding hydrogens is 526 g/mol. The van der Waals surface area contributed by atoms with Gasteiger partial charge in [0.05, 0.1) is 24.5 Å². The predicted molar refractivity (Wildman–Crippen MR) is 157 cm³/mol. The zero-order chi connectivity index (χ0) is 28.1. The number of nitrogens with one attached hydrogen (secondary N) is 2. The third kappa shape index (κ3) is 6.22. The first-order valence-corrected chi connectivity index (χ1v) is 14.8. The number of carbonyl (C=O) groups excluding carboxylic acids is 3. The van der Waals surface area contributed by atoms with Crippen molar-refractivity contribution in [1.29, 1.82) is 0 Å². The van der Waals surface area contributed by atoms with Crippen LogP contribution in [0.4, 0.5) is 5.69 Å². The number of hydrogen-bond acceptors (Lipinski definition) is 7. The Morgan fingerprint density at radius 2 is 1.85 bits per heavy atom. The molecule has 0 spiro atoms. The normalized spacial score (nSPS) is 19.2. The van der Waals surface area contributed by atoms with Gasteiger partial charge in [-0.3, -0.25) is 19.4 Å². The monoisotopic (exact) mass is 561 g/mol. The van der Waals surface area contributed by atoms with Gasteiger partial charge in [0, 0.05) is 18.2 Å². The lowest BCUT2D eigenvalue weighted by atomic mass is 9.95. The summed E-state index contributed by atoms with van der Waals surface area (Å²) in [6, 6.07) is 14.3. The summed E-state index contributed by atoms with van der Waals surface area (Å²) >= 11 is 1.29. The van der Waals surface area contributed by atoms with Gasteiger partial charge in [0.2, 0.25) is 11.8 Å². The molecule has 2 aromatic rings. The van der Waals surface area contributed by atoms with Gasteiger partial charge < -0.3 is 15.4 Å². The van der Waals surface area contributed by atoms with Crippen LogP contribution in [0.2, 0.25) is 0 Å². The Balaban J connectivity index is 1.29. The molecular formula is C30H35N5O4S. The highest BCUT2D eigenvalue weighted by Gasteiger charge is 2.43. The summed E-state index contributed by atoms with van der Waals surface area (Å²) in [5.74, 6) is 0.620. The molecule has 0 radical (unpaired) electrons. The van der Waals surface area contributed by atoms with Crippen molar-refractivity contribution in [2.75, 3.05) is 7.11 Å². The van der Waals surface area contributed by atoms with Crippen LogP contribution in [-0.4, -0.2) is 58.1 Å². The van der Waals surface area contributed by atoms with Gasteiger partial charge in [0.1, 0.15) is 17.6 Å². The summed E-state index contributed by atoms with van der Waals surface area (Å²) in [6.45, 7) is 2.30. The quantitative estimate of drug-likeness (QED) is 0.474. The second kappa shape index (κ2) is 12.7. The van der Waals surface area contributed by atoms with Crippen LogP contribution in [0.15, 0.2) is 58.5 Å². The van der Waals surface area contributed by atoms with Crippen molar-refractivity contribution in [3.63, 3.8) is 0 Å². The van der Waals surface area contributed by atoms with E-state index in [4.69, 9.17) is 14.7 Å². The molecule has 9 nitrogen and oxygen atoms in total. The molecule has 2 aliphatic heterocycles. The molecule has 5 rings (SSSR count). The minimum absolute atomic E-state index is 0.0273. The highest BCUT2D eigenvalue weighted by Crippen LogP contribution is 2.35. The molecule has 0 aromatic heterocycles. The maximum absolute atomic E-state index is 13.6. The molecule has 0 bridgehead atoms. The van der Waals surface area contributed by atoms with E-state index in [9.17, 15) is 14.4 Å². The highest BCUT2D eigenvalue weighted by atomic mass is 32.2. The first-order valence-electron chi connectivity index (χ1n) is 13.9. The van der Waals surface area contributed by atoms with Crippen molar-refractivity contribution in [1.82, 2.24) is 15.5 Å². The first-order chi connectivity index (χ1) is 19.5. The van der Waals surface area contributed by atoms with E-state index < -0.39 is 11.3 Å². The van der Waals surface area contributed by atoms with E-state index in [1.807, 2.05) is 55.5 Å². The Labute approximate surface area is 238 Å². The predicted octanol–water partition coefficient (Wildman–Crippen LogP) is 4.32. The lowest BCUT2D eigenvalue weighted by Gasteiger charge is -2.29. The van der Waals surface area contributed by atoms with Crippen molar-refractivity contribution in [3.8, 4) is 5.75 Å². The first kappa shape index (κ1) is 27.9. The number of ether oxygens (including phenoxy) is 1. The van der Waals surface area contributed by atoms with Crippen LogP contribution in [-0.2, 0) is 20.9 Å². The van der Waals surface area contributed by atoms with E-state index in [-0.39, 0.29) is 30.2 Å². The minimum Gasteiger partial charge on any atom is -0.497 e. The van der Waals surface area contributed by atoms with Crippen LogP contribution in [0.5, 0.6) is 5.75 Å². The third-order valence-corrected chi connectivity index (χ3v) is 8.75. The van der Waals surface area contributed by atoms with E-state index in [2.05, 4.69) is 10.6 Å². The Bertz CT molecular complexity index is 1320. The number of benzene rings is 2. The van der Waals surface area contributed by atoms with E-state index in [0.29, 0.717) is 29.7 Å². The maximum Gasteiger partial charge on any atom is 0.259 e. The summed E-state index contributed by atoms with van der Waals surface area (Å²) in [6.07, 6.45) is 6.01. The number of para-hydroxylation sites is 1. The van der Waals surface area contributed by atoms with Crippen LogP contribution in [0, 0.1) is 0 Å². The van der Waals surface area contributed by atoms with E-state index in [1.54, 1.807) is 7.11 Å². The van der Waals surface area contributed by atoms with Gasteiger partial charge in [-0.15, -0.1) is 0 Å². The Hall–Kier alpha value is -3.66.